The minimum Gasteiger partial charge on any atom is -0.477 e. The summed E-state index contributed by atoms with van der Waals surface area (Å²) in [4.78, 5) is 23.2. The number of alkyl halides is 2. The molecule has 0 bridgehead atoms. The zero-order valence-corrected chi connectivity index (χ0v) is 10.9. The largest absolute Gasteiger partial charge is 0.477 e. The van der Waals surface area contributed by atoms with Crippen molar-refractivity contribution in [1.82, 2.24) is 4.57 Å². The van der Waals surface area contributed by atoms with Gasteiger partial charge in [0.05, 0.1) is 10.7 Å². The van der Waals surface area contributed by atoms with Crippen molar-refractivity contribution in [1.29, 1.82) is 0 Å². The lowest BCUT2D eigenvalue weighted by molar-refractivity contribution is 0.0694. The van der Waals surface area contributed by atoms with Crippen LogP contribution in [0.25, 0.3) is 6.08 Å². The topological polar surface area (TPSA) is 59.3 Å². The zero-order chi connectivity index (χ0) is 14.6. The Labute approximate surface area is 117 Å². The SMILES string of the molecule is O=C(O)c1cn(C2CC2)c2c(c1=O)C=C(Cl)C(F)C2F. The van der Waals surface area contributed by atoms with Crippen LogP contribution in [-0.2, 0) is 0 Å². The molecule has 7 heteroatoms. The summed E-state index contributed by atoms with van der Waals surface area (Å²) in [6, 6.07) is -0.0850. The molecule has 2 unspecified atom stereocenters. The van der Waals surface area contributed by atoms with Crippen LogP contribution < -0.4 is 5.43 Å². The number of carbonyl (C=O) groups is 1. The highest BCUT2D eigenvalue weighted by molar-refractivity contribution is 6.32. The Kier molecular flexibility index (Phi) is 2.93. The van der Waals surface area contributed by atoms with Gasteiger partial charge in [0.2, 0.25) is 5.43 Å². The Morgan fingerprint density at radius 2 is 2.00 bits per heavy atom. The number of nitrogens with zero attached hydrogens (tertiary/aromatic N) is 1. The van der Waals surface area contributed by atoms with Crippen molar-refractivity contribution in [3.63, 3.8) is 0 Å². The van der Waals surface area contributed by atoms with E-state index in [2.05, 4.69) is 0 Å². The molecule has 0 amide bonds. The molecule has 0 radical (unpaired) electrons. The van der Waals surface area contributed by atoms with Crippen molar-refractivity contribution in [3.05, 3.63) is 38.3 Å². The summed E-state index contributed by atoms with van der Waals surface area (Å²) < 4.78 is 29.2. The first-order valence-corrected chi connectivity index (χ1v) is 6.47. The molecular weight excluding hydrogens is 292 g/mol. The molecular formula is C13H10ClF2NO3. The average molecular weight is 302 g/mol. The van der Waals surface area contributed by atoms with Crippen LogP contribution in [0.1, 0.15) is 46.7 Å². The maximum atomic E-state index is 14.2. The van der Waals surface area contributed by atoms with Gasteiger partial charge in [0, 0.05) is 17.8 Å². The number of pyridine rings is 1. The summed E-state index contributed by atoms with van der Waals surface area (Å²) in [5, 5.41) is 8.62. The summed E-state index contributed by atoms with van der Waals surface area (Å²) in [6.07, 6.45) is -0.452. The van der Waals surface area contributed by atoms with Crippen molar-refractivity contribution in [2.75, 3.05) is 0 Å². The number of rotatable bonds is 2. The molecule has 1 heterocycles. The second kappa shape index (κ2) is 4.41. The van der Waals surface area contributed by atoms with E-state index in [1.165, 1.54) is 4.57 Å². The standard InChI is InChI=1S/C13H10ClF2NO3/c14-8-3-6-11(10(16)9(8)15)17(5-1-2-5)4-7(12(6)18)13(19)20/h3-5,9-10H,1-2H2,(H,19,20). The fourth-order valence-electron chi connectivity index (χ4n) is 2.40. The number of aromatic carboxylic acids is 1. The second-order valence-corrected chi connectivity index (χ2v) is 5.38. The third-order valence-corrected chi connectivity index (χ3v) is 3.86. The summed E-state index contributed by atoms with van der Waals surface area (Å²) in [5.74, 6) is -1.39. The number of aromatic nitrogens is 1. The van der Waals surface area contributed by atoms with Crippen LogP contribution in [-0.4, -0.2) is 21.8 Å². The molecule has 2 aliphatic rings. The lowest BCUT2D eigenvalue weighted by Gasteiger charge is -2.25. The Morgan fingerprint density at radius 3 is 2.55 bits per heavy atom. The van der Waals surface area contributed by atoms with E-state index in [0.29, 0.717) is 0 Å². The number of carboxylic acids is 1. The quantitative estimate of drug-likeness (QED) is 0.914. The highest BCUT2D eigenvalue weighted by atomic mass is 35.5. The van der Waals surface area contributed by atoms with E-state index in [1.807, 2.05) is 0 Å². The Balaban J connectivity index is 2.34. The van der Waals surface area contributed by atoms with Gasteiger partial charge in [0.25, 0.3) is 0 Å². The van der Waals surface area contributed by atoms with Gasteiger partial charge >= 0.3 is 5.97 Å². The first kappa shape index (κ1) is 13.3. The molecule has 1 aromatic heterocycles. The smallest absolute Gasteiger partial charge is 0.341 e. The van der Waals surface area contributed by atoms with Gasteiger partial charge < -0.3 is 9.67 Å². The van der Waals surface area contributed by atoms with Crippen LogP contribution in [0, 0.1) is 0 Å². The van der Waals surface area contributed by atoms with E-state index < -0.39 is 34.3 Å². The van der Waals surface area contributed by atoms with Crippen molar-refractivity contribution in [2.45, 2.75) is 31.2 Å². The predicted molar refractivity (Wildman–Crippen MR) is 68.5 cm³/mol. The lowest BCUT2D eigenvalue weighted by atomic mass is 9.97. The van der Waals surface area contributed by atoms with Crippen molar-refractivity contribution in [2.24, 2.45) is 0 Å². The van der Waals surface area contributed by atoms with E-state index in [1.54, 1.807) is 0 Å². The number of fused-ring (bicyclic) bond motifs is 1. The number of hydrogen-bond donors (Lipinski definition) is 1. The molecule has 20 heavy (non-hydrogen) atoms. The van der Waals surface area contributed by atoms with Gasteiger partial charge in [0.15, 0.2) is 12.3 Å². The molecule has 3 rings (SSSR count). The predicted octanol–water partition coefficient (Wildman–Crippen LogP) is 2.82. The Hall–Kier alpha value is -1.69. The molecule has 1 fully saturated rings. The van der Waals surface area contributed by atoms with Gasteiger partial charge in [0.1, 0.15) is 5.56 Å². The van der Waals surface area contributed by atoms with Crippen LogP contribution in [0.5, 0.6) is 0 Å². The first-order valence-electron chi connectivity index (χ1n) is 6.09. The fraction of sp³-hybridized carbons (Fsp3) is 0.385. The van der Waals surface area contributed by atoms with Gasteiger partial charge in [-0.25, -0.2) is 13.6 Å². The lowest BCUT2D eigenvalue weighted by Crippen LogP contribution is -2.29. The highest BCUT2D eigenvalue weighted by Gasteiger charge is 2.38. The van der Waals surface area contributed by atoms with Crippen molar-refractivity contribution in [3.8, 4) is 0 Å². The summed E-state index contributed by atoms with van der Waals surface area (Å²) in [5.41, 5.74) is -1.57. The van der Waals surface area contributed by atoms with Crippen LogP contribution in [0.15, 0.2) is 16.0 Å². The number of carboxylic acid groups (broad SMARTS) is 1. The van der Waals surface area contributed by atoms with Crippen molar-refractivity contribution >= 4 is 23.6 Å². The Bertz CT molecular complexity index is 694. The molecule has 0 aromatic carbocycles. The Morgan fingerprint density at radius 1 is 1.35 bits per heavy atom. The van der Waals surface area contributed by atoms with Crippen LogP contribution in [0.2, 0.25) is 0 Å². The molecule has 0 saturated heterocycles. The molecule has 0 aliphatic heterocycles. The van der Waals surface area contributed by atoms with Crippen molar-refractivity contribution < 1.29 is 18.7 Å². The molecule has 4 nitrogen and oxygen atoms in total. The van der Waals surface area contributed by atoms with Gasteiger partial charge in [-0.05, 0) is 18.9 Å². The fourth-order valence-corrected chi connectivity index (χ4v) is 2.62. The first-order chi connectivity index (χ1) is 9.41. The van der Waals surface area contributed by atoms with Gasteiger partial charge in [-0.15, -0.1) is 0 Å². The van der Waals surface area contributed by atoms with Gasteiger partial charge in [-0.2, -0.15) is 0 Å². The summed E-state index contributed by atoms with van der Waals surface area (Å²) in [7, 11) is 0. The molecule has 1 aromatic rings. The third kappa shape index (κ3) is 1.86. The van der Waals surface area contributed by atoms with E-state index in [0.717, 1.165) is 25.1 Å². The normalized spacial score (nSPS) is 25.1. The minimum absolute atomic E-state index is 0.0850. The molecule has 1 saturated carbocycles. The molecule has 2 aliphatic carbocycles. The van der Waals surface area contributed by atoms with E-state index in [-0.39, 0.29) is 17.3 Å². The number of halogens is 3. The molecule has 2 atom stereocenters. The van der Waals surface area contributed by atoms with Gasteiger partial charge in [-0.3, -0.25) is 4.79 Å². The van der Waals surface area contributed by atoms with Gasteiger partial charge in [-0.1, -0.05) is 11.6 Å². The van der Waals surface area contributed by atoms with Crippen LogP contribution >= 0.6 is 11.6 Å². The number of allylic oxidation sites excluding steroid dienone is 1. The number of hydrogen-bond acceptors (Lipinski definition) is 2. The maximum absolute atomic E-state index is 14.2. The van der Waals surface area contributed by atoms with Crippen LogP contribution in [0.4, 0.5) is 8.78 Å². The molecule has 106 valence electrons. The average Bonchev–Trinajstić information content (AvgIpc) is 3.21. The monoisotopic (exact) mass is 301 g/mol. The third-order valence-electron chi connectivity index (χ3n) is 3.55. The van der Waals surface area contributed by atoms with E-state index in [9.17, 15) is 18.4 Å². The minimum atomic E-state index is -2.06. The summed E-state index contributed by atoms with van der Waals surface area (Å²) in [6.45, 7) is 0. The molecule has 1 N–H and O–H groups in total. The summed E-state index contributed by atoms with van der Waals surface area (Å²) >= 11 is 5.59. The zero-order valence-electron chi connectivity index (χ0n) is 10.1. The van der Waals surface area contributed by atoms with E-state index >= 15 is 0 Å². The maximum Gasteiger partial charge on any atom is 0.341 e. The van der Waals surface area contributed by atoms with Crippen LogP contribution in [0.3, 0.4) is 0 Å². The van der Waals surface area contributed by atoms with E-state index in [4.69, 9.17) is 16.7 Å². The second-order valence-electron chi connectivity index (χ2n) is 4.95. The molecule has 0 spiro atoms. The highest BCUT2D eigenvalue weighted by Crippen LogP contribution is 2.43.